The number of hydrogen-bond acceptors (Lipinski definition) is 5. The predicted molar refractivity (Wildman–Crippen MR) is 106 cm³/mol. The number of nitrogens with one attached hydrogen (secondary N) is 1. The van der Waals surface area contributed by atoms with E-state index in [2.05, 4.69) is 5.32 Å². The van der Waals surface area contributed by atoms with Gasteiger partial charge in [0.2, 0.25) is 0 Å². The smallest absolute Gasteiger partial charge is 0.410 e. The minimum absolute atomic E-state index is 0.261. The van der Waals surface area contributed by atoms with E-state index in [0.717, 1.165) is 5.57 Å². The minimum atomic E-state index is -0.537. The van der Waals surface area contributed by atoms with E-state index in [9.17, 15) is 9.59 Å². The number of carbonyl (C=O) groups excluding carboxylic acids is 2. The second-order valence-electron chi connectivity index (χ2n) is 7.25. The summed E-state index contributed by atoms with van der Waals surface area (Å²) in [5.41, 5.74) is 1.08. The highest BCUT2D eigenvalue weighted by Crippen LogP contribution is 2.35. The first-order valence-electron chi connectivity index (χ1n) is 9.51. The van der Waals surface area contributed by atoms with Crippen LogP contribution >= 0.6 is 0 Å². The Labute approximate surface area is 165 Å². The van der Waals surface area contributed by atoms with Gasteiger partial charge in [-0.2, -0.15) is 5.26 Å². The fourth-order valence-corrected chi connectivity index (χ4v) is 2.91. The van der Waals surface area contributed by atoms with Gasteiger partial charge in [-0.05, 0) is 51.3 Å². The number of rotatable bonds is 0. The van der Waals surface area contributed by atoms with Crippen molar-refractivity contribution in [2.75, 3.05) is 18.4 Å². The van der Waals surface area contributed by atoms with E-state index in [-0.39, 0.29) is 17.8 Å². The van der Waals surface area contributed by atoms with Crippen molar-refractivity contribution in [2.24, 2.45) is 0 Å². The van der Waals surface area contributed by atoms with Gasteiger partial charge in [0, 0.05) is 13.1 Å². The highest BCUT2D eigenvalue weighted by atomic mass is 16.6. The van der Waals surface area contributed by atoms with Crippen LogP contribution in [0.4, 0.5) is 10.5 Å². The maximum absolute atomic E-state index is 12.4. The highest BCUT2D eigenvalue weighted by Gasteiger charge is 2.31. The van der Waals surface area contributed by atoms with Gasteiger partial charge in [0.25, 0.3) is 5.91 Å². The van der Waals surface area contributed by atoms with Gasteiger partial charge in [-0.25, -0.2) is 4.79 Å². The third-order valence-electron chi connectivity index (χ3n) is 4.14. The zero-order chi connectivity index (χ0) is 20.9. The van der Waals surface area contributed by atoms with Gasteiger partial charge in [-0.1, -0.05) is 19.9 Å². The fourth-order valence-electron chi connectivity index (χ4n) is 2.91. The molecule has 0 saturated carbocycles. The number of fused-ring (bicyclic) bond motifs is 1. The Balaban J connectivity index is 0.00000136. The second-order valence-corrected chi connectivity index (χ2v) is 7.25. The molecule has 2 aliphatic rings. The molecule has 1 N–H and O–H groups in total. The number of anilines is 1. The van der Waals surface area contributed by atoms with Gasteiger partial charge < -0.3 is 19.7 Å². The van der Waals surface area contributed by atoms with Crippen LogP contribution in [0.25, 0.3) is 0 Å². The molecule has 3 rings (SSSR count). The van der Waals surface area contributed by atoms with Crippen molar-refractivity contribution in [3.8, 4) is 11.8 Å². The summed E-state index contributed by atoms with van der Waals surface area (Å²) in [4.78, 5) is 26.2. The van der Waals surface area contributed by atoms with Crippen molar-refractivity contribution >= 4 is 17.7 Å². The van der Waals surface area contributed by atoms with Crippen LogP contribution in [0, 0.1) is 11.3 Å². The molecule has 0 bridgehead atoms. The number of hydrogen-bond donors (Lipinski definition) is 1. The van der Waals surface area contributed by atoms with E-state index in [1.165, 1.54) is 0 Å². The molecule has 150 valence electrons. The molecular formula is C21H27N3O4. The van der Waals surface area contributed by atoms with Crippen LogP contribution in [-0.4, -0.2) is 35.6 Å². The second kappa shape index (κ2) is 8.79. The molecule has 28 heavy (non-hydrogen) atoms. The lowest BCUT2D eigenvalue weighted by Gasteiger charge is -2.32. The summed E-state index contributed by atoms with van der Waals surface area (Å²) in [5.74, 6) is 0.359. The molecule has 2 amide bonds. The van der Waals surface area contributed by atoms with Crippen LogP contribution in [0.3, 0.4) is 0 Å². The minimum Gasteiger partial charge on any atom is -0.449 e. The fraction of sp³-hybridized carbons (Fsp3) is 0.476. The lowest BCUT2D eigenvalue weighted by molar-refractivity contribution is -0.115. The Morgan fingerprint density at radius 3 is 2.46 bits per heavy atom. The van der Waals surface area contributed by atoms with E-state index in [1.807, 2.05) is 40.7 Å². The van der Waals surface area contributed by atoms with E-state index in [0.29, 0.717) is 42.9 Å². The average Bonchev–Trinajstić information content (AvgIpc) is 2.67. The number of amides is 2. The quantitative estimate of drug-likeness (QED) is 0.676. The van der Waals surface area contributed by atoms with E-state index in [1.54, 1.807) is 23.1 Å². The molecule has 0 radical (unpaired) electrons. The first kappa shape index (κ1) is 21.3. The molecular weight excluding hydrogens is 358 g/mol. The van der Waals surface area contributed by atoms with Crippen LogP contribution in [0.5, 0.6) is 5.75 Å². The molecule has 1 aromatic carbocycles. The first-order chi connectivity index (χ1) is 13.3. The third-order valence-corrected chi connectivity index (χ3v) is 4.14. The van der Waals surface area contributed by atoms with Gasteiger partial charge in [0.1, 0.15) is 17.4 Å². The Morgan fingerprint density at radius 1 is 1.25 bits per heavy atom. The summed E-state index contributed by atoms with van der Waals surface area (Å²) < 4.78 is 11.2. The molecule has 1 fully saturated rings. The number of likely N-dealkylation sites (tertiary alicyclic amines) is 1. The molecule has 0 spiro atoms. The van der Waals surface area contributed by atoms with Crippen molar-refractivity contribution < 1.29 is 19.1 Å². The van der Waals surface area contributed by atoms with Crippen molar-refractivity contribution in [1.29, 1.82) is 5.26 Å². The molecule has 0 unspecified atom stereocenters. The Hall–Kier alpha value is -3.01. The van der Waals surface area contributed by atoms with Gasteiger partial charge in [-0.3, -0.25) is 4.79 Å². The van der Waals surface area contributed by atoms with Crippen molar-refractivity contribution in [3.63, 3.8) is 0 Å². The molecule has 7 nitrogen and oxygen atoms in total. The van der Waals surface area contributed by atoms with Crippen LogP contribution in [-0.2, 0) is 9.53 Å². The topological polar surface area (TPSA) is 91.7 Å². The third kappa shape index (κ3) is 4.83. The van der Waals surface area contributed by atoms with Gasteiger partial charge in [-0.15, -0.1) is 0 Å². The summed E-state index contributed by atoms with van der Waals surface area (Å²) in [5, 5.41) is 11.9. The molecule has 2 aliphatic heterocycles. The first-order valence-corrected chi connectivity index (χ1v) is 9.51. The molecule has 0 atom stereocenters. The van der Waals surface area contributed by atoms with Gasteiger partial charge in [0.15, 0.2) is 11.5 Å². The average molecular weight is 385 g/mol. The molecule has 1 saturated heterocycles. The summed E-state index contributed by atoms with van der Waals surface area (Å²) in [6.45, 7) is 10.4. The van der Waals surface area contributed by atoms with Crippen LogP contribution in [0.15, 0.2) is 29.5 Å². The summed E-state index contributed by atoms with van der Waals surface area (Å²) >= 11 is 0. The Bertz CT molecular complexity index is 821. The van der Waals surface area contributed by atoms with E-state index < -0.39 is 5.60 Å². The number of benzene rings is 1. The number of carbonyl (C=O) groups is 2. The SMILES string of the molecule is CC.CC(C)(C)OC(=O)N1CCC(=C2Oc3cccc(C#N)c3NC2=O)CC1. The predicted octanol–water partition coefficient (Wildman–Crippen LogP) is 4.20. The number of piperidine rings is 1. The lowest BCUT2D eigenvalue weighted by Crippen LogP contribution is -2.41. The van der Waals surface area contributed by atoms with Crippen LogP contribution < -0.4 is 10.1 Å². The van der Waals surface area contributed by atoms with Crippen molar-refractivity contribution in [2.45, 2.75) is 53.1 Å². The molecule has 0 aromatic heterocycles. The van der Waals surface area contributed by atoms with E-state index >= 15 is 0 Å². The molecule has 2 heterocycles. The molecule has 1 aromatic rings. The number of nitrogens with zero attached hydrogens (tertiary/aromatic N) is 2. The van der Waals surface area contributed by atoms with Crippen molar-refractivity contribution in [1.82, 2.24) is 4.90 Å². The van der Waals surface area contributed by atoms with Crippen LogP contribution in [0.2, 0.25) is 0 Å². The monoisotopic (exact) mass is 385 g/mol. The molecule has 7 heteroatoms. The summed E-state index contributed by atoms with van der Waals surface area (Å²) in [6, 6.07) is 7.09. The lowest BCUT2D eigenvalue weighted by atomic mass is 10.0. The highest BCUT2D eigenvalue weighted by molar-refractivity contribution is 6.06. The van der Waals surface area contributed by atoms with Crippen molar-refractivity contribution in [3.05, 3.63) is 35.1 Å². The normalized spacial score (nSPS) is 16.0. The standard InChI is InChI=1S/C19H21N3O4.C2H6/c1-19(2,3)26-18(24)22-9-7-12(8-10-22)16-17(23)21-15-13(11-20)5-4-6-14(15)25-16;1-2/h4-6H,7-10H2,1-3H3,(H,21,23);1-2H3. The number of nitriles is 1. The zero-order valence-corrected chi connectivity index (χ0v) is 17.1. The number of ether oxygens (including phenoxy) is 2. The van der Waals surface area contributed by atoms with Gasteiger partial charge in [0.05, 0.1) is 5.56 Å². The Morgan fingerprint density at radius 2 is 1.89 bits per heavy atom. The van der Waals surface area contributed by atoms with Crippen LogP contribution in [0.1, 0.15) is 53.0 Å². The Kier molecular flexibility index (Phi) is 6.68. The van der Waals surface area contributed by atoms with E-state index in [4.69, 9.17) is 14.7 Å². The van der Waals surface area contributed by atoms with Gasteiger partial charge >= 0.3 is 6.09 Å². The summed E-state index contributed by atoms with van der Waals surface area (Å²) in [6.07, 6.45) is 0.726. The summed E-state index contributed by atoms with van der Waals surface area (Å²) in [7, 11) is 0. The maximum atomic E-state index is 12.4. The zero-order valence-electron chi connectivity index (χ0n) is 17.1. The number of para-hydroxylation sites is 1. The maximum Gasteiger partial charge on any atom is 0.410 e. The molecule has 0 aliphatic carbocycles. The largest absolute Gasteiger partial charge is 0.449 e.